The summed E-state index contributed by atoms with van der Waals surface area (Å²) >= 11 is 0. The van der Waals surface area contributed by atoms with E-state index in [1.807, 2.05) is 7.05 Å². The molecule has 0 bridgehead atoms. The molecule has 1 atom stereocenters. The Morgan fingerprint density at radius 3 is 2.45 bits per heavy atom. The van der Waals surface area contributed by atoms with Crippen molar-refractivity contribution in [2.75, 3.05) is 39.9 Å². The predicted molar refractivity (Wildman–Crippen MR) is 130 cm³/mol. The largest absolute Gasteiger partial charge is 0.381 e. The Morgan fingerprint density at radius 2 is 1.86 bits per heavy atom. The molecule has 2 saturated heterocycles. The molecular formula is C23H37IN4O. The van der Waals surface area contributed by atoms with Gasteiger partial charge in [0.05, 0.1) is 0 Å². The van der Waals surface area contributed by atoms with Crippen molar-refractivity contribution in [1.82, 2.24) is 15.5 Å². The Bertz CT molecular complexity index is 671. The number of guanidine groups is 1. The number of halogens is 1. The van der Waals surface area contributed by atoms with Crippen LogP contribution in [0.2, 0.25) is 0 Å². The second-order valence-electron chi connectivity index (χ2n) is 9.10. The van der Waals surface area contributed by atoms with Crippen molar-refractivity contribution >= 4 is 29.9 Å². The smallest absolute Gasteiger partial charge is 0.193 e. The lowest BCUT2D eigenvalue weighted by Crippen LogP contribution is -2.58. The van der Waals surface area contributed by atoms with Crippen LogP contribution in [0.25, 0.3) is 0 Å². The summed E-state index contributed by atoms with van der Waals surface area (Å²) in [5.74, 6) is 1.07. The predicted octanol–water partition coefficient (Wildman–Crippen LogP) is 3.96. The van der Waals surface area contributed by atoms with Crippen LogP contribution in [-0.2, 0) is 4.74 Å². The lowest BCUT2D eigenvalue weighted by Gasteiger charge is -2.42. The van der Waals surface area contributed by atoms with Crippen molar-refractivity contribution in [2.24, 2.45) is 10.4 Å². The van der Waals surface area contributed by atoms with Gasteiger partial charge in [0, 0.05) is 51.5 Å². The van der Waals surface area contributed by atoms with E-state index in [1.165, 1.54) is 37.8 Å². The molecule has 1 spiro atoms. The Hall–Kier alpha value is -0.860. The van der Waals surface area contributed by atoms with E-state index < -0.39 is 0 Å². The summed E-state index contributed by atoms with van der Waals surface area (Å²) in [7, 11) is 1.92. The number of hydrogen-bond acceptors (Lipinski definition) is 3. The molecular weight excluding hydrogens is 475 g/mol. The lowest BCUT2D eigenvalue weighted by atomic mass is 9.68. The molecule has 1 saturated carbocycles. The molecule has 2 N–H and O–H groups in total. The van der Waals surface area contributed by atoms with Gasteiger partial charge < -0.3 is 20.3 Å². The monoisotopic (exact) mass is 512 g/mol. The number of ether oxygens (including phenoxy) is 1. The summed E-state index contributed by atoms with van der Waals surface area (Å²) in [6, 6.07) is 11.0. The highest BCUT2D eigenvalue weighted by Gasteiger charge is 2.44. The Balaban J connectivity index is 0.00000240. The third-order valence-electron chi connectivity index (χ3n) is 7.22. The minimum absolute atomic E-state index is 0. The van der Waals surface area contributed by atoms with Crippen LogP contribution in [0.4, 0.5) is 0 Å². The van der Waals surface area contributed by atoms with Gasteiger partial charge in [-0.15, -0.1) is 24.0 Å². The van der Waals surface area contributed by atoms with Crippen molar-refractivity contribution in [1.29, 1.82) is 0 Å². The van der Waals surface area contributed by atoms with Gasteiger partial charge >= 0.3 is 0 Å². The van der Waals surface area contributed by atoms with Gasteiger partial charge in [-0.3, -0.25) is 4.99 Å². The molecule has 162 valence electrons. The normalized spacial score (nSPS) is 23.9. The van der Waals surface area contributed by atoms with Crippen LogP contribution < -0.4 is 10.6 Å². The highest BCUT2D eigenvalue weighted by Crippen LogP contribution is 2.47. The highest BCUT2D eigenvalue weighted by molar-refractivity contribution is 14.0. The topological polar surface area (TPSA) is 48.9 Å². The third kappa shape index (κ3) is 5.25. The molecule has 6 heteroatoms. The minimum atomic E-state index is 0. The van der Waals surface area contributed by atoms with Crippen LogP contribution >= 0.6 is 24.0 Å². The third-order valence-corrected chi connectivity index (χ3v) is 7.22. The number of nitrogens with one attached hydrogen (secondary N) is 2. The van der Waals surface area contributed by atoms with Gasteiger partial charge in [0.2, 0.25) is 0 Å². The summed E-state index contributed by atoms with van der Waals surface area (Å²) < 4.78 is 5.69. The van der Waals surface area contributed by atoms with E-state index in [0.29, 0.717) is 11.5 Å². The summed E-state index contributed by atoms with van der Waals surface area (Å²) in [5, 5.41) is 7.66. The van der Waals surface area contributed by atoms with Crippen LogP contribution in [-0.4, -0.2) is 56.3 Å². The van der Waals surface area contributed by atoms with E-state index >= 15 is 0 Å². The summed E-state index contributed by atoms with van der Waals surface area (Å²) in [5.41, 5.74) is 1.97. The molecule has 0 aromatic heterocycles. The standard InChI is InChI=1S/C23H36N4O.HI/c1-19(20-7-4-3-5-8-20)26-23(12-15-28-16-13-23)17-25-21(24-2)27-14-11-22(18-27)9-6-10-22;/h3-5,7-8,19,26H,6,9-18H2,1-2H3,(H,24,25);1H. The van der Waals surface area contributed by atoms with Crippen LogP contribution in [0.1, 0.15) is 57.1 Å². The van der Waals surface area contributed by atoms with Crippen LogP contribution in [0, 0.1) is 5.41 Å². The zero-order valence-corrected chi connectivity index (χ0v) is 20.3. The first kappa shape index (κ1) is 22.8. The first-order valence-electron chi connectivity index (χ1n) is 11.0. The molecule has 29 heavy (non-hydrogen) atoms. The van der Waals surface area contributed by atoms with Gasteiger partial charge in [0.15, 0.2) is 5.96 Å². The molecule has 2 aliphatic heterocycles. The van der Waals surface area contributed by atoms with Crippen molar-refractivity contribution in [3.05, 3.63) is 35.9 Å². The van der Waals surface area contributed by atoms with E-state index in [0.717, 1.165) is 45.1 Å². The van der Waals surface area contributed by atoms with Gasteiger partial charge in [0.25, 0.3) is 0 Å². The van der Waals surface area contributed by atoms with E-state index in [1.54, 1.807) is 0 Å². The first-order valence-corrected chi connectivity index (χ1v) is 11.0. The number of nitrogens with zero attached hydrogens (tertiary/aromatic N) is 2. The van der Waals surface area contributed by atoms with E-state index in [-0.39, 0.29) is 29.5 Å². The number of hydrogen-bond donors (Lipinski definition) is 2. The van der Waals surface area contributed by atoms with Crippen molar-refractivity contribution in [3.63, 3.8) is 0 Å². The van der Waals surface area contributed by atoms with Gasteiger partial charge in [-0.2, -0.15) is 0 Å². The first-order chi connectivity index (χ1) is 13.6. The minimum Gasteiger partial charge on any atom is -0.381 e. The quantitative estimate of drug-likeness (QED) is 0.357. The van der Waals surface area contributed by atoms with Gasteiger partial charge in [-0.05, 0) is 50.0 Å². The number of rotatable bonds is 5. The lowest BCUT2D eigenvalue weighted by molar-refractivity contribution is 0.0352. The molecule has 0 amide bonds. The maximum atomic E-state index is 5.69. The SMILES string of the molecule is CN=C(NCC1(NC(C)c2ccccc2)CCOCC1)N1CCC2(CCC2)C1.I. The molecule has 1 aliphatic carbocycles. The Morgan fingerprint density at radius 1 is 1.14 bits per heavy atom. The fraction of sp³-hybridized carbons (Fsp3) is 0.696. The Kier molecular flexibility index (Phi) is 7.84. The van der Waals surface area contributed by atoms with Crippen molar-refractivity contribution in [3.8, 4) is 0 Å². The van der Waals surface area contributed by atoms with E-state index in [9.17, 15) is 0 Å². The van der Waals surface area contributed by atoms with Gasteiger partial charge in [-0.1, -0.05) is 36.8 Å². The van der Waals surface area contributed by atoms with Crippen molar-refractivity contribution in [2.45, 2.75) is 57.0 Å². The molecule has 0 radical (unpaired) electrons. The van der Waals surface area contributed by atoms with Crippen LogP contribution in [0.5, 0.6) is 0 Å². The average molecular weight is 512 g/mol. The van der Waals surface area contributed by atoms with E-state index in [4.69, 9.17) is 4.74 Å². The fourth-order valence-corrected chi connectivity index (χ4v) is 5.20. The van der Waals surface area contributed by atoms with Gasteiger partial charge in [-0.25, -0.2) is 0 Å². The molecule has 1 aromatic carbocycles. The van der Waals surface area contributed by atoms with Gasteiger partial charge in [0.1, 0.15) is 0 Å². The molecule has 1 aromatic rings. The molecule has 5 nitrogen and oxygen atoms in total. The summed E-state index contributed by atoms with van der Waals surface area (Å²) in [4.78, 5) is 7.10. The Labute approximate surface area is 193 Å². The zero-order chi connectivity index (χ0) is 19.5. The maximum Gasteiger partial charge on any atom is 0.193 e. The summed E-state index contributed by atoms with van der Waals surface area (Å²) in [6.07, 6.45) is 7.59. The number of benzene rings is 1. The van der Waals surface area contributed by atoms with Crippen molar-refractivity contribution < 1.29 is 4.74 Å². The van der Waals surface area contributed by atoms with Crippen LogP contribution in [0.3, 0.4) is 0 Å². The maximum absolute atomic E-state index is 5.69. The van der Waals surface area contributed by atoms with E-state index in [2.05, 4.69) is 57.8 Å². The number of aliphatic imine (C=N–C) groups is 1. The molecule has 1 unspecified atom stereocenters. The average Bonchev–Trinajstić information content (AvgIpc) is 3.16. The second-order valence-corrected chi connectivity index (χ2v) is 9.10. The zero-order valence-electron chi connectivity index (χ0n) is 18.0. The molecule has 3 fully saturated rings. The molecule has 2 heterocycles. The van der Waals surface area contributed by atoms with Crippen LogP contribution in [0.15, 0.2) is 35.3 Å². The highest BCUT2D eigenvalue weighted by atomic mass is 127. The summed E-state index contributed by atoms with van der Waals surface area (Å²) in [6.45, 7) is 7.12. The molecule has 3 aliphatic rings. The fourth-order valence-electron chi connectivity index (χ4n) is 5.20. The molecule has 4 rings (SSSR count). The second kappa shape index (κ2) is 9.96. The number of likely N-dealkylation sites (tertiary alicyclic amines) is 1.